The normalized spacial score (nSPS) is 12.4. The summed E-state index contributed by atoms with van der Waals surface area (Å²) in [7, 11) is 0. The molecule has 0 spiro atoms. The van der Waals surface area contributed by atoms with Gasteiger partial charge in [0.15, 0.2) is 0 Å². The molecule has 18 heavy (non-hydrogen) atoms. The van der Waals surface area contributed by atoms with Crippen LogP contribution in [0.2, 0.25) is 0 Å². The number of aryl methyl sites for hydroxylation is 2. The molecule has 2 N–H and O–H groups in total. The van der Waals surface area contributed by atoms with Crippen molar-refractivity contribution < 1.29 is 4.74 Å². The van der Waals surface area contributed by atoms with Crippen LogP contribution >= 0.6 is 11.3 Å². The molecule has 3 nitrogen and oxygen atoms in total. The summed E-state index contributed by atoms with van der Waals surface area (Å²) in [6, 6.07) is 7.96. The molecule has 1 aromatic carbocycles. The van der Waals surface area contributed by atoms with Gasteiger partial charge in [-0.3, -0.25) is 0 Å². The second-order valence-electron chi connectivity index (χ2n) is 4.40. The molecule has 1 heterocycles. The number of hydrogen-bond donors (Lipinski definition) is 1. The maximum atomic E-state index is 5.80. The van der Waals surface area contributed by atoms with Crippen LogP contribution in [0.5, 0.6) is 5.75 Å². The average molecular weight is 262 g/mol. The fourth-order valence-electron chi connectivity index (χ4n) is 1.61. The van der Waals surface area contributed by atoms with Gasteiger partial charge >= 0.3 is 0 Å². The van der Waals surface area contributed by atoms with E-state index in [1.54, 1.807) is 11.3 Å². The third-order valence-corrected chi connectivity index (χ3v) is 3.89. The Labute approximate surface area is 112 Å². The predicted molar refractivity (Wildman–Crippen MR) is 75.0 cm³/mol. The Morgan fingerprint density at radius 1 is 1.28 bits per heavy atom. The highest BCUT2D eigenvalue weighted by Gasteiger charge is 2.05. The minimum absolute atomic E-state index is 0.0586. The van der Waals surface area contributed by atoms with E-state index in [2.05, 4.69) is 11.9 Å². The van der Waals surface area contributed by atoms with Gasteiger partial charge in [0.1, 0.15) is 17.4 Å². The molecule has 0 aliphatic rings. The second kappa shape index (κ2) is 5.50. The SMILES string of the molecule is Cc1nc(COc2ccc(C(C)N)cc2)sc1C. The number of hydrogen-bond acceptors (Lipinski definition) is 4. The van der Waals surface area contributed by atoms with Crippen molar-refractivity contribution in [1.29, 1.82) is 0 Å². The van der Waals surface area contributed by atoms with Crippen molar-refractivity contribution in [2.24, 2.45) is 5.73 Å². The van der Waals surface area contributed by atoms with Gasteiger partial charge in [-0.05, 0) is 38.5 Å². The molecule has 96 valence electrons. The van der Waals surface area contributed by atoms with Gasteiger partial charge in [0.25, 0.3) is 0 Å². The number of thiazole rings is 1. The fraction of sp³-hybridized carbons (Fsp3) is 0.357. The summed E-state index contributed by atoms with van der Waals surface area (Å²) in [6.45, 7) is 6.59. The molecule has 0 fully saturated rings. The van der Waals surface area contributed by atoms with Crippen molar-refractivity contribution >= 4 is 11.3 Å². The van der Waals surface area contributed by atoms with Crippen LogP contribution in [-0.4, -0.2) is 4.98 Å². The van der Waals surface area contributed by atoms with Crippen LogP contribution in [0.1, 0.15) is 34.1 Å². The number of nitrogens with two attached hydrogens (primary N) is 1. The first kappa shape index (κ1) is 13.1. The zero-order valence-corrected chi connectivity index (χ0v) is 11.8. The van der Waals surface area contributed by atoms with E-state index >= 15 is 0 Å². The predicted octanol–water partition coefficient (Wildman–Crippen LogP) is 3.36. The van der Waals surface area contributed by atoms with E-state index in [4.69, 9.17) is 10.5 Å². The number of benzene rings is 1. The monoisotopic (exact) mass is 262 g/mol. The largest absolute Gasteiger partial charge is 0.486 e. The van der Waals surface area contributed by atoms with Crippen LogP contribution in [0.4, 0.5) is 0 Å². The molecule has 0 amide bonds. The molecule has 0 radical (unpaired) electrons. The lowest BCUT2D eigenvalue weighted by atomic mass is 10.1. The molecule has 2 aromatic rings. The Bertz CT molecular complexity index is 498. The second-order valence-corrected chi connectivity index (χ2v) is 5.68. The van der Waals surface area contributed by atoms with Gasteiger partial charge in [0.05, 0.1) is 5.69 Å². The molecule has 1 aromatic heterocycles. The fourth-order valence-corrected chi connectivity index (χ4v) is 2.46. The first-order valence-corrected chi connectivity index (χ1v) is 6.79. The third-order valence-electron chi connectivity index (χ3n) is 2.84. The number of rotatable bonds is 4. The van der Waals surface area contributed by atoms with E-state index in [0.717, 1.165) is 22.0 Å². The van der Waals surface area contributed by atoms with E-state index in [-0.39, 0.29) is 6.04 Å². The van der Waals surface area contributed by atoms with Crippen molar-refractivity contribution in [2.45, 2.75) is 33.4 Å². The summed E-state index contributed by atoms with van der Waals surface area (Å²) in [6.07, 6.45) is 0. The molecule has 0 aliphatic heterocycles. The van der Waals surface area contributed by atoms with Crippen LogP contribution in [0.25, 0.3) is 0 Å². The summed E-state index contributed by atoms with van der Waals surface area (Å²) in [4.78, 5) is 5.70. The van der Waals surface area contributed by atoms with Crippen molar-refractivity contribution in [2.75, 3.05) is 0 Å². The van der Waals surface area contributed by atoms with E-state index in [0.29, 0.717) is 6.61 Å². The standard InChI is InChI=1S/C14H18N2OS/c1-9(15)12-4-6-13(7-5-12)17-8-14-16-10(2)11(3)18-14/h4-7,9H,8,15H2,1-3H3. The highest BCUT2D eigenvalue weighted by atomic mass is 32.1. The van der Waals surface area contributed by atoms with Crippen molar-refractivity contribution in [1.82, 2.24) is 4.98 Å². The highest BCUT2D eigenvalue weighted by Crippen LogP contribution is 2.20. The quantitative estimate of drug-likeness (QED) is 0.919. The lowest BCUT2D eigenvalue weighted by molar-refractivity contribution is 0.305. The average Bonchev–Trinajstić information content (AvgIpc) is 2.67. The molecule has 1 unspecified atom stereocenters. The van der Waals surface area contributed by atoms with Gasteiger partial charge in [0, 0.05) is 10.9 Å². The Morgan fingerprint density at radius 2 is 1.94 bits per heavy atom. The van der Waals surface area contributed by atoms with E-state index < -0.39 is 0 Å². The molecular weight excluding hydrogens is 244 g/mol. The topological polar surface area (TPSA) is 48.1 Å². The van der Waals surface area contributed by atoms with E-state index in [1.165, 1.54) is 4.88 Å². The van der Waals surface area contributed by atoms with Gasteiger partial charge in [0.2, 0.25) is 0 Å². The molecular formula is C14H18N2OS. The maximum absolute atomic E-state index is 5.80. The zero-order valence-electron chi connectivity index (χ0n) is 10.9. The third kappa shape index (κ3) is 3.09. The number of ether oxygens (including phenoxy) is 1. The summed E-state index contributed by atoms with van der Waals surface area (Å²) in [5.74, 6) is 0.852. The molecule has 2 rings (SSSR count). The van der Waals surface area contributed by atoms with E-state index in [9.17, 15) is 0 Å². The molecule has 1 atom stereocenters. The molecule has 0 bridgehead atoms. The minimum Gasteiger partial charge on any atom is -0.486 e. The Morgan fingerprint density at radius 3 is 2.44 bits per heavy atom. The van der Waals surface area contributed by atoms with Crippen LogP contribution in [-0.2, 0) is 6.61 Å². The van der Waals surface area contributed by atoms with Gasteiger partial charge in [-0.15, -0.1) is 11.3 Å². The van der Waals surface area contributed by atoms with Crippen molar-refractivity contribution in [3.63, 3.8) is 0 Å². The smallest absolute Gasteiger partial charge is 0.140 e. The number of nitrogens with zero attached hydrogens (tertiary/aromatic N) is 1. The van der Waals surface area contributed by atoms with E-state index in [1.807, 2.05) is 38.1 Å². The molecule has 0 saturated heterocycles. The highest BCUT2D eigenvalue weighted by molar-refractivity contribution is 7.11. The summed E-state index contributed by atoms with van der Waals surface area (Å²) < 4.78 is 5.70. The van der Waals surface area contributed by atoms with Crippen molar-refractivity contribution in [3.8, 4) is 5.75 Å². The zero-order chi connectivity index (χ0) is 13.1. The van der Waals surface area contributed by atoms with Gasteiger partial charge in [-0.2, -0.15) is 0 Å². The van der Waals surface area contributed by atoms with Crippen molar-refractivity contribution in [3.05, 3.63) is 45.4 Å². The number of aromatic nitrogens is 1. The Kier molecular flexibility index (Phi) is 3.99. The summed E-state index contributed by atoms with van der Waals surface area (Å²) in [5, 5.41) is 1.02. The molecule has 0 aliphatic carbocycles. The Balaban J connectivity index is 1.97. The lowest BCUT2D eigenvalue weighted by Gasteiger charge is -2.07. The Hall–Kier alpha value is -1.39. The summed E-state index contributed by atoms with van der Waals surface area (Å²) >= 11 is 1.69. The first-order chi connectivity index (χ1) is 8.56. The summed E-state index contributed by atoms with van der Waals surface area (Å²) in [5.41, 5.74) is 8.00. The molecule has 4 heteroatoms. The van der Waals surface area contributed by atoms with Crippen LogP contribution < -0.4 is 10.5 Å². The maximum Gasteiger partial charge on any atom is 0.140 e. The van der Waals surface area contributed by atoms with Gasteiger partial charge < -0.3 is 10.5 Å². The van der Waals surface area contributed by atoms with Crippen LogP contribution in [0.3, 0.4) is 0 Å². The minimum atomic E-state index is 0.0586. The van der Waals surface area contributed by atoms with Gasteiger partial charge in [-0.1, -0.05) is 12.1 Å². The first-order valence-electron chi connectivity index (χ1n) is 5.97. The van der Waals surface area contributed by atoms with Crippen LogP contribution in [0, 0.1) is 13.8 Å². The lowest BCUT2D eigenvalue weighted by Crippen LogP contribution is -2.04. The molecule has 0 saturated carbocycles. The van der Waals surface area contributed by atoms with Gasteiger partial charge in [-0.25, -0.2) is 4.98 Å². The van der Waals surface area contributed by atoms with Crippen LogP contribution in [0.15, 0.2) is 24.3 Å².